The average molecular weight is 263 g/mol. The zero-order chi connectivity index (χ0) is 12.5. The van der Waals surface area contributed by atoms with Gasteiger partial charge in [-0.1, -0.05) is 0 Å². The number of ether oxygens (including phenoxy) is 1. The highest BCUT2D eigenvalue weighted by atomic mass is 32.1. The molecule has 0 aromatic carbocycles. The Morgan fingerprint density at radius 2 is 2.00 bits per heavy atom. The van der Waals surface area contributed by atoms with E-state index in [1.165, 1.54) is 11.6 Å². The molecule has 90 valence electrons. The predicted octanol–water partition coefficient (Wildman–Crippen LogP) is 4.09. The van der Waals surface area contributed by atoms with Crippen molar-refractivity contribution >= 4 is 11.3 Å². The molecule has 0 amide bonds. The van der Waals surface area contributed by atoms with E-state index < -0.39 is 16.9 Å². The molecule has 0 saturated carbocycles. The molecule has 0 saturated heterocycles. The molecule has 0 spiro atoms. The Labute approximate surface area is 97.5 Å². The van der Waals surface area contributed by atoms with Crippen LogP contribution in [0.1, 0.15) is 4.88 Å². The zero-order valence-corrected chi connectivity index (χ0v) is 8.98. The molecule has 0 aliphatic rings. The van der Waals surface area contributed by atoms with Gasteiger partial charge in [0.25, 0.3) is 0 Å². The molecule has 0 atom stereocenters. The first kappa shape index (κ1) is 11.8. The van der Waals surface area contributed by atoms with Gasteiger partial charge in [0.05, 0.1) is 0 Å². The first-order valence-electron chi connectivity index (χ1n) is 4.40. The molecule has 2 aromatic rings. The molecule has 0 aliphatic carbocycles. The number of alkyl halides is 3. The third-order valence-corrected chi connectivity index (χ3v) is 2.73. The van der Waals surface area contributed by atoms with E-state index >= 15 is 0 Å². The Morgan fingerprint density at radius 1 is 1.24 bits per heavy atom. The van der Waals surface area contributed by atoms with E-state index in [0.29, 0.717) is 11.3 Å². The molecule has 2 heterocycles. The van der Waals surface area contributed by atoms with E-state index in [-0.39, 0.29) is 11.6 Å². The van der Waals surface area contributed by atoms with Gasteiger partial charge in [-0.25, -0.2) is 9.37 Å². The third kappa shape index (κ3) is 2.94. The van der Waals surface area contributed by atoms with E-state index in [2.05, 4.69) is 4.98 Å². The van der Waals surface area contributed by atoms with Gasteiger partial charge in [-0.2, -0.15) is 13.2 Å². The van der Waals surface area contributed by atoms with Crippen LogP contribution in [0, 0.1) is 5.82 Å². The van der Waals surface area contributed by atoms with E-state index in [9.17, 15) is 17.6 Å². The van der Waals surface area contributed by atoms with Gasteiger partial charge in [0.15, 0.2) is 0 Å². The third-order valence-electron chi connectivity index (χ3n) is 1.77. The average Bonchev–Trinajstić information content (AvgIpc) is 2.65. The standard InChI is InChI=1S/C10H5F4NOS/c11-6-1-2-15-9(3-6)16-7-4-8(17-5-7)10(12,13)14/h1-5H. The largest absolute Gasteiger partial charge is 0.438 e. The number of pyridine rings is 1. The van der Waals surface area contributed by atoms with Crippen molar-refractivity contribution in [3.05, 3.63) is 40.5 Å². The summed E-state index contributed by atoms with van der Waals surface area (Å²) < 4.78 is 54.6. The summed E-state index contributed by atoms with van der Waals surface area (Å²) in [7, 11) is 0. The lowest BCUT2D eigenvalue weighted by molar-refractivity contribution is -0.134. The molecular weight excluding hydrogens is 258 g/mol. The first-order chi connectivity index (χ1) is 7.95. The lowest BCUT2D eigenvalue weighted by Crippen LogP contribution is -2.00. The number of rotatable bonds is 2. The normalized spacial score (nSPS) is 11.5. The van der Waals surface area contributed by atoms with Gasteiger partial charge in [0.2, 0.25) is 5.88 Å². The Morgan fingerprint density at radius 3 is 2.59 bits per heavy atom. The summed E-state index contributed by atoms with van der Waals surface area (Å²) in [5.74, 6) is -0.668. The van der Waals surface area contributed by atoms with Gasteiger partial charge in [0, 0.05) is 23.7 Å². The molecule has 0 fully saturated rings. The van der Waals surface area contributed by atoms with Crippen molar-refractivity contribution in [3.8, 4) is 11.6 Å². The second-order valence-electron chi connectivity index (χ2n) is 3.06. The van der Waals surface area contributed by atoms with Crippen LogP contribution >= 0.6 is 11.3 Å². The van der Waals surface area contributed by atoms with Crippen molar-refractivity contribution in [2.24, 2.45) is 0 Å². The molecule has 17 heavy (non-hydrogen) atoms. The van der Waals surface area contributed by atoms with Crippen LogP contribution in [0.4, 0.5) is 17.6 Å². The maximum atomic E-state index is 12.8. The summed E-state index contributed by atoms with van der Waals surface area (Å²) in [6.07, 6.45) is -3.23. The highest BCUT2D eigenvalue weighted by molar-refractivity contribution is 7.10. The molecular formula is C10H5F4NOS. The number of halogens is 4. The predicted molar refractivity (Wildman–Crippen MR) is 53.6 cm³/mol. The van der Waals surface area contributed by atoms with Crippen molar-refractivity contribution in [2.45, 2.75) is 6.18 Å². The summed E-state index contributed by atoms with van der Waals surface area (Å²) in [5.41, 5.74) is 0. The number of nitrogens with zero attached hydrogens (tertiary/aromatic N) is 1. The summed E-state index contributed by atoms with van der Waals surface area (Å²) in [5, 5.41) is 1.19. The fourth-order valence-electron chi connectivity index (χ4n) is 1.08. The Balaban J connectivity index is 2.17. The Bertz CT molecular complexity index is 523. The van der Waals surface area contributed by atoms with Crippen LogP contribution in [0.25, 0.3) is 0 Å². The van der Waals surface area contributed by atoms with E-state index in [1.807, 2.05) is 0 Å². The minimum Gasteiger partial charge on any atom is -0.438 e. The molecule has 2 rings (SSSR count). The summed E-state index contributed by atoms with van der Waals surface area (Å²) in [4.78, 5) is 2.89. The monoisotopic (exact) mass is 263 g/mol. The van der Waals surface area contributed by atoms with Crippen molar-refractivity contribution in [1.29, 1.82) is 0 Å². The van der Waals surface area contributed by atoms with E-state index in [0.717, 1.165) is 18.2 Å². The minimum atomic E-state index is -4.40. The molecule has 2 aromatic heterocycles. The fraction of sp³-hybridized carbons (Fsp3) is 0.100. The van der Waals surface area contributed by atoms with Crippen LogP contribution in [-0.2, 0) is 6.18 Å². The summed E-state index contributed by atoms with van der Waals surface area (Å²) >= 11 is 0.508. The second kappa shape index (κ2) is 4.33. The number of aromatic nitrogens is 1. The molecule has 0 radical (unpaired) electrons. The van der Waals surface area contributed by atoms with Gasteiger partial charge in [0.1, 0.15) is 16.4 Å². The van der Waals surface area contributed by atoms with E-state index in [4.69, 9.17) is 4.74 Å². The summed E-state index contributed by atoms with van der Waals surface area (Å²) in [6, 6.07) is 2.95. The lowest BCUT2D eigenvalue weighted by Gasteiger charge is -2.02. The second-order valence-corrected chi connectivity index (χ2v) is 3.97. The minimum absolute atomic E-state index is 0.0135. The number of hydrogen-bond donors (Lipinski definition) is 0. The first-order valence-corrected chi connectivity index (χ1v) is 5.28. The topological polar surface area (TPSA) is 22.1 Å². The molecule has 7 heteroatoms. The molecule has 0 aliphatic heterocycles. The fourth-order valence-corrected chi connectivity index (χ4v) is 1.76. The maximum absolute atomic E-state index is 12.8. The van der Waals surface area contributed by atoms with Gasteiger partial charge in [-0.15, -0.1) is 11.3 Å². The molecule has 2 nitrogen and oxygen atoms in total. The highest BCUT2D eigenvalue weighted by Crippen LogP contribution is 2.37. The molecule has 0 N–H and O–H groups in total. The van der Waals surface area contributed by atoms with Gasteiger partial charge < -0.3 is 4.74 Å². The van der Waals surface area contributed by atoms with Gasteiger partial charge >= 0.3 is 6.18 Å². The van der Waals surface area contributed by atoms with Crippen LogP contribution in [0.3, 0.4) is 0 Å². The van der Waals surface area contributed by atoms with Gasteiger partial charge in [-0.05, 0) is 6.07 Å². The van der Waals surface area contributed by atoms with Crippen molar-refractivity contribution < 1.29 is 22.3 Å². The molecule has 0 unspecified atom stereocenters. The Hall–Kier alpha value is -1.63. The van der Waals surface area contributed by atoms with Crippen LogP contribution in [-0.4, -0.2) is 4.98 Å². The maximum Gasteiger partial charge on any atom is 0.425 e. The summed E-state index contributed by atoms with van der Waals surface area (Å²) in [6.45, 7) is 0. The van der Waals surface area contributed by atoms with Crippen LogP contribution in [0.5, 0.6) is 11.6 Å². The van der Waals surface area contributed by atoms with Gasteiger partial charge in [-0.3, -0.25) is 0 Å². The van der Waals surface area contributed by atoms with Crippen molar-refractivity contribution in [1.82, 2.24) is 4.98 Å². The number of hydrogen-bond acceptors (Lipinski definition) is 3. The molecule has 0 bridgehead atoms. The highest BCUT2D eigenvalue weighted by Gasteiger charge is 2.32. The van der Waals surface area contributed by atoms with Crippen molar-refractivity contribution in [2.75, 3.05) is 0 Å². The zero-order valence-electron chi connectivity index (χ0n) is 8.16. The van der Waals surface area contributed by atoms with E-state index in [1.54, 1.807) is 0 Å². The quantitative estimate of drug-likeness (QED) is 0.761. The number of thiophene rings is 1. The van der Waals surface area contributed by atoms with Crippen LogP contribution in [0.2, 0.25) is 0 Å². The smallest absolute Gasteiger partial charge is 0.425 e. The lowest BCUT2D eigenvalue weighted by atomic mass is 10.4. The van der Waals surface area contributed by atoms with Crippen molar-refractivity contribution in [3.63, 3.8) is 0 Å². The van der Waals surface area contributed by atoms with Crippen LogP contribution < -0.4 is 4.74 Å². The SMILES string of the molecule is Fc1ccnc(Oc2csc(C(F)(F)F)c2)c1. The van der Waals surface area contributed by atoms with Crippen LogP contribution in [0.15, 0.2) is 29.8 Å². The Kier molecular flexibility index (Phi) is 3.01.